The standard InChI is InChI=1S/C19H19NO3/c1-14(12-18(21)22)17-13-19(23-20-17,15-8-4-2-5-9-15)16-10-6-3-7-11-16/h2-11,14H,12-13H2,1H3,(H,21,22). The highest BCUT2D eigenvalue weighted by Crippen LogP contribution is 2.42. The van der Waals surface area contributed by atoms with Gasteiger partial charge in [-0.15, -0.1) is 0 Å². The maximum absolute atomic E-state index is 11.0. The summed E-state index contributed by atoms with van der Waals surface area (Å²) in [6.07, 6.45) is 0.622. The van der Waals surface area contributed by atoms with Gasteiger partial charge in [0.2, 0.25) is 0 Å². The lowest BCUT2D eigenvalue weighted by Crippen LogP contribution is -2.29. The van der Waals surface area contributed by atoms with E-state index in [9.17, 15) is 4.79 Å². The van der Waals surface area contributed by atoms with Crippen LogP contribution >= 0.6 is 0 Å². The Morgan fingerprint density at radius 3 is 2.13 bits per heavy atom. The van der Waals surface area contributed by atoms with Crippen molar-refractivity contribution < 1.29 is 14.7 Å². The van der Waals surface area contributed by atoms with Gasteiger partial charge in [-0.3, -0.25) is 4.79 Å². The molecule has 0 saturated carbocycles. The van der Waals surface area contributed by atoms with Crippen molar-refractivity contribution in [1.29, 1.82) is 0 Å². The van der Waals surface area contributed by atoms with Crippen molar-refractivity contribution in [2.45, 2.75) is 25.4 Å². The van der Waals surface area contributed by atoms with Crippen LogP contribution in [0, 0.1) is 5.92 Å². The second-order valence-corrected chi connectivity index (χ2v) is 5.91. The third-order valence-electron chi connectivity index (χ3n) is 4.28. The number of oxime groups is 1. The Balaban J connectivity index is 1.96. The van der Waals surface area contributed by atoms with E-state index in [0.29, 0.717) is 6.42 Å². The molecule has 1 heterocycles. The second kappa shape index (κ2) is 6.24. The summed E-state index contributed by atoms with van der Waals surface area (Å²) in [4.78, 5) is 16.9. The molecule has 1 aliphatic rings. The van der Waals surface area contributed by atoms with Gasteiger partial charge in [0.25, 0.3) is 0 Å². The average Bonchev–Trinajstić information content (AvgIpc) is 3.03. The maximum Gasteiger partial charge on any atom is 0.304 e. The second-order valence-electron chi connectivity index (χ2n) is 5.91. The van der Waals surface area contributed by atoms with E-state index in [2.05, 4.69) is 5.16 Å². The molecule has 4 nitrogen and oxygen atoms in total. The molecule has 1 aliphatic heterocycles. The summed E-state index contributed by atoms with van der Waals surface area (Å²) in [7, 11) is 0. The number of hydrogen-bond acceptors (Lipinski definition) is 3. The van der Waals surface area contributed by atoms with Gasteiger partial charge in [-0.2, -0.15) is 0 Å². The monoisotopic (exact) mass is 309 g/mol. The first-order chi connectivity index (χ1) is 11.1. The number of benzene rings is 2. The molecule has 0 saturated heterocycles. The Morgan fingerprint density at radius 1 is 1.13 bits per heavy atom. The molecule has 0 fully saturated rings. The van der Waals surface area contributed by atoms with Crippen LogP contribution in [0.3, 0.4) is 0 Å². The van der Waals surface area contributed by atoms with E-state index in [0.717, 1.165) is 16.8 Å². The molecule has 4 heteroatoms. The van der Waals surface area contributed by atoms with E-state index in [1.807, 2.05) is 67.6 Å². The van der Waals surface area contributed by atoms with Gasteiger partial charge in [-0.25, -0.2) is 0 Å². The van der Waals surface area contributed by atoms with Crippen LogP contribution < -0.4 is 0 Å². The number of carboxylic acid groups (broad SMARTS) is 1. The first-order valence-electron chi connectivity index (χ1n) is 7.69. The van der Waals surface area contributed by atoms with E-state index in [1.54, 1.807) is 0 Å². The van der Waals surface area contributed by atoms with Gasteiger partial charge in [0.15, 0.2) is 5.60 Å². The summed E-state index contributed by atoms with van der Waals surface area (Å²) in [6.45, 7) is 1.88. The zero-order valence-corrected chi connectivity index (χ0v) is 13.0. The van der Waals surface area contributed by atoms with Gasteiger partial charge in [0, 0.05) is 23.5 Å². The molecule has 0 amide bonds. The van der Waals surface area contributed by atoms with Crippen LogP contribution in [-0.2, 0) is 15.2 Å². The number of rotatable bonds is 5. The number of carbonyl (C=O) groups is 1. The minimum atomic E-state index is -0.822. The van der Waals surface area contributed by atoms with E-state index < -0.39 is 11.6 Å². The molecule has 0 aliphatic carbocycles. The van der Waals surface area contributed by atoms with Gasteiger partial charge in [-0.05, 0) is 0 Å². The molecule has 2 aromatic carbocycles. The first-order valence-corrected chi connectivity index (χ1v) is 7.69. The zero-order chi connectivity index (χ0) is 16.3. The van der Waals surface area contributed by atoms with E-state index >= 15 is 0 Å². The number of carboxylic acids is 1. The lowest BCUT2D eigenvalue weighted by molar-refractivity contribution is -0.137. The highest BCUT2D eigenvalue weighted by Gasteiger charge is 2.43. The van der Waals surface area contributed by atoms with Crippen LogP contribution in [-0.4, -0.2) is 16.8 Å². The van der Waals surface area contributed by atoms with Crippen LogP contribution in [0.2, 0.25) is 0 Å². The lowest BCUT2D eigenvalue weighted by atomic mass is 9.80. The van der Waals surface area contributed by atoms with E-state index in [1.165, 1.54) is 0 Å². The molecule has 0 aromatic heterocycles. The Bertz CT molecular complexity index is 670. The molecule has 0 spiro atoms. The Hall–Kier alpha value is -2.62. The van der Waals surface area contributed by atoms with Crippen molar-refractivity contribution >= 4 is 11.7 Å². The molecule has 2 aromatic rings. The summed E-state index contributed by atoms with van der Waals surface area (Å²) in [5.41, 5.74) is 2.16. The van der Waals surface area contributed by atoms with E-state index in [-0.39, 0.29) is 12.3 Å². The van der Waals surface area contributed by atoms with Crippen LogP contribution in [0.15, 0.2) is 65.8 Å². The van der Waals surface area contributed by atoms with Gasteiger partial charge in [0.05, 0.1) is 12.1 Å². The fourth-order valence-corrected chi connectivity index (χ4v) is 2.99. The van der Waals surface area contributed by atoms with Crippen molar-refractivity contribution in [2.75, 3.05) is 0 Å². The van der Waals surface area contributed by atoms with Crippen molar-refractivity contribution in [2.24, 2.45) is 11.1 Å². The van der Waals surface area contributed by atoms with Crippen LogP contribution in [0.1, 0.15) is 30.9 Å². The molecular formula is C19H19NO3. The fraction of sp³-hybridized carbons (Fsp3) is 0.263. The summed E-state index contributed by atoms with van der Waals surface area (Å²) in [5, 5.41) is 13.3. The molecule has 1 N–H and O–H groups in total. The Morgan fingerprint density at radius 2 is 1.65 bits per heavy atom. The fourth-order valence-electron chi connectivity index (χ4n) is 2.99. The summed E-state index contributed by atoms with van der Waals surface area (Å²) >= 11 is 0. The first kappa shape index (κ1) is 15.3. The average molecular weight is 309 g/mol. The predicted octanol–water partition coefficient (Wildman–Crippen LogP) is 3.82. The van der Waals surface area contributed by atoms with Gasteiger partial charge in [0.1, 0.15) is 0 Å². The van der Waals surface area contributed by atoms with Crippen LogP contribution in [0.5, 0.6) is 0 Å². The van der Waals surface area contributed by atoms with Gasteiger partial charge < -0.3 is 9.94 Å². The SMILES string of the molecule is CC(CC(=O)O)C1=NOC(c2ccccc2)(c2ccccc2)C1. The Kier molecular flexibility index (Phi) is 4.15. The topological polar surface area (TPSA) is 58.9 Å². The number of hydrogen-bond donors (Lipinski definition) is 1. The van der Waals surface area contributed by atoms with E-state index in [4.69, 9.17) is 9.94 Å². The maximum atomic E-state index is 11.0. The molecule has 1 unspecified atom stereocenters. The normalized spacial score (nSPS) is 17.2. The predicted molar refractivity (Wildman–Crippen MR) is 88.2 cm³/mol. The summed E-state index contributed by atoms with van der Waals surface area (Å²) in [5.74, 6) is -0.973. The molecule has 0 radical (unpaired) electrons. The minimum Gasteiger partial charge on any atom is -0.481 e. The summed E-state index contributed by atoms with van der Waals surface area (Å²) in [6, 6.07) is 19.9. The molecule has 0 bridgehead atoms. The van der Waals surface area contributed by atoms with Gasteiger partial charge >= 0.3 is 5.97 Å². The molecule has 118 valence electrons. The van der Waals surface area contributed by atoms with Crippen molar-refractivity contribution in [3.05, 3.63) is 71.8 Å². The minimum absolute atomic E-state index is 0.0574. The van der Waals surface area contributed by atoms with Crippen LogP contribution in [0.25, 0.3) is 0 Å². The number of nitrogens with zero attached hydrogens (tertiary/aromatic N) is 1. The molecule has 3 rings (SSSR count). The zero-order valence-electron chi connectivity index (χ0n) is 13.0. The highest BCUT2D eigenvalue weighted by molar-refractivity contribution is 5.91. The lowest BCUT2D eigenvalue weighted by Gasteiger charge is -2.28. The molecular weight excluding hydrogens is 290 g/mol. The van der Waals surface area contributed by atoms with Gasteiger partial charge in [-0.1, -0.05) is 72.7 Å². The van der Waals surface area contributed by atoms with Crippen LogP contribution in [0.4, 0.5) is 0 Å². The third-order valence-corrected chi connectivity index (χ3v) is 4.28. The van der Waals surface area contributed by atoms with Crippen molar-refractivity contribution in [3.63, 3.8) is 0 Å². The largest absolute Gasteiger partial charge is 0.481 e. The van der Waals surface area contributed by atoms with Crippen molar-refractivity contribution in [1.82, 2.24) is 0 Å². The smallest absolute Gasteiger partial charge is 0.304 e. The molecule has 23 heavy (non-hydrogen) atoms. The number of aliphatic carboxylic acids is 1. The summed E-state index contributed by atoms with van der Waals surface area (Å²) < 4.78 is 0. The highest BCUT2D eigenvalue weighted by atomic mass is 16.7. The Labute approximate surface area is 135 Å². The third kappa shape index (κ3) is 2.97. The molecule has 1 atom stereocenters. The van der Waals surface area contributed by atoms with Crippen molar-refractivity contribution in [3.8, 4) is 0 Å². The quantitative estimate of drug-likeness (QED) is 0.913.